The number of rotatable bonds is 3. The molecule has 1 saturated heterocycles. The molecule has 2 aromatic rings. The Morgan fingerprint density at radius 3 is 2.69 bits per heavy atom. The number of hydrogen-bond acceptors (Lipinski definition) is 4. The lowest BCUT2D eigenvalue weighted by atomic mass is 9.73. The lowest BCUT2D eigenvalue weighted by Gasteiger charge is -2.40. The van der Waals surface area contributed by atoms with Crippen molar-refractivity contribution in [3.63, 3.8) is 0 Å². The van der Waals surface area contributed by atoms with Gasteiger partial charge in [-0.05, 0) is 49.5 Å². The topological polar surface area (TPSA) is 54.5 Å². The van der Waals surface area contributed by atoms with Crippen LogP contribution in [-0.2, 0) is 24.3 Å². The van der Waals surface area contributed by atoms with E-state index in [2.05, 4.69) is 39.5 Å². The number of nitrogens with one attached hydrogen (secondary N) is 1. The van der Waals surface area contributed by atoms with Crippen molar-refractivity contribution >= 4 is 5.91 Å². The van der Waals surface area contributed by atoms with Crippen molar-refractivity contribution in [2.24, 2.45) is 5.41 Å². The van der Waals surface area contributed by atoms with Crippen molar-refractivity contribution in [2.75, 3.05) is 20.2 Å². The number of benzene rings is 1. The average molecular weight is 351 g/mol. The van der Waals surface area contributed by atoms with Gasteiger partial charge in [0.05, 0.1) is 12.5 Å². The number of nitrogens with zero attached hydrogens (tertiary/aromatic N) is 2. The number of aromatic nitrogens is 1. The van der Waals surface area contributed by atoms with Crippen LogP contribution in [-0.4, -0.2) is 36.0 Å². The van der Waals surface area contributed by atoms with E-state index >= 15 is 0 Å². The summed E-state index contributed by atoms with van der Waals surface area (Å²) in [5.74, 6) is 0.904. The maximum absolute atomic E-state index is 12.9. The fourth-order valence-electron chi connectivity index (χ4n) is 4.22. The summed E-state index contributed by atoms with van der Waals surface area (Å²) in [6.45, 7) is 3.28. The number of fused-ring (bicyclic) bond motifs is 1. The summed E-state index contributed by atoms with van der Waals surface area (Å²) >= 11 is 0. The molecule has 0 saturated carbocycles. The Kier molecular flexibility index (Phi) is 4.64. The van der Waals surface area contributed by atoms with E-state index in [1.807, 2.05) is 12.1 Å². The molecule has 0 bridgehead atoms. The number of amides is 1. The molecule has 4 rings (SSSR count). The van der Waals surface area contributed by atoms with Crippen LogP contribution in [0.25, 0.3) is 0 Å². The first-order valence-corrected chi connectivity index (χ1v) is 9.25. The summed E-state index contributed by atoms with van der Waals surface area (Å²) in [6, 6.07) is 12.4. The van der Waals surface area contributed by atoms with Gasteiger partial charge < -0.3 is 10.1 Å². The highest BCUT2D eigenvalue weighted by Gasteiger charge is 2.42. The monoisotopic (exact) mass is 351 g/mol. The summed E-state index contributed by atoms with van der Waals surface area (Å²) in [7, 11) is 1.66. The van der Waals surface area contributed by atoms with Gasteiger partial charge in [-0.25, -0.2) is 4.98 Å². The predicted octanol–water partition coefficient (Wildman–Crippen LogP) is 2.54. The van der Waals surface area contributed by atoms with E-state index in [1.54, 1.807) is 13.3 Å². The molecule has 5 nitrogen and oxygen atoms in total. The number of carbonyl (C=O) groups excluding carboxylic acids is 1. The van der Waals surface area contributed by atoms with Gasteiger partial charge in [0.1, 0.15) is 0 Å². The molecule has 1 aromatic heterocycles. The fourth-order valence-corrected chi connectivity index (χ4v) is 4.22. The van der Waals surface area contributed by atoms with Crippen LogP contribution < -0.4 is 10.1 Å². The lowest BCUT2D eigenvalue weighted by Crippen LogP contribution is -2.48. The first-order valence-electron chi connectivity index (χ1n) is 9.25. The second kappa shape index (κ2) is 7.08. The molecule has 1 amide bonds. The van der Waals surface area contributed by atoms with E-state index in [0.717, 1.165) is 44.5 Å². The number of pyridine rings is 1. The van der Waals surface area contributed by atoms with Crippen LogP contribution in [0.5, 0.6) is 5.88 Å². The molecule has 0 radical (unpaired) electrons. The van der Waals surface area contributed by atoms with Crippen molar-refractivity contribution in [3.05, 3.63) is 59.3 Å². The highest BCUT2D eigenvalue weighted by molar-refractivity contribution is 5.83. The lowest BCUT2D eigenvalue weighted by molar-refractivity contribution is -0.133. The minimum atomic E-state index is -0.276. The highest BCUT2D eigenvalue weighted by atomic mass is 16.5. The van der Waals surface area contributed by atoms with Crippen molar-refractivity contribution in [2.45, 2.75) is 32.4 Å². The van der Waals surface area contributed by atoms with Crippen LogP contribution >= 0.6 is 0 Å². The van der Waals surface area contributed by atoms with Gasteiger partial charge in [0.15, 0.2) is 0 Å². The molecule has 0 unspecified atom stereocenters. The average Bonchev–Trinajstić information content (AvgIpc) is 2.81. The summed E-state index contributed by atoms with van der Waals surface area (Å²) in [5.41, 5.74) is 3.39. The second-order valence-electron chi connectivity index (χ2n) is 7.36. The number of methoxy groups -OCH3 is 1. The van der Waals surface area contributed by atoms with E-state index in [4.69, 9.17) is 4.74 Å². The van der Waals surface area contributed by atoms with Crippen molar-refractivity contribution in [1.29, 1.82) is 0 Å². The summed E-state index contributed by atoms with van der Waals surface area (Å²) < 4.78 is 5.37. The molecule has 0 atom stereocenters. The molecule has 0 aliphatic carbocycles. The molecule has 1 aromatic carbocycles. The zero-order valence-electron chi connectivity index (χ0n) is 15.2. The molecule has 1 spiro atoms. The summed E-state index contributed by atoms with van der Waals surface area (Å²) in [4.78, 5) is 19.5. The van der Waals surface area contributed by atoms with E-state index in [1.165, 1.54) is 11.1 Å². The number of likely N-dealkylation sites (tertiary alicyclic amines) is 1. The molecule has 136 valence electrons. The third-order valence-corrected chi connectivity index (χ3v) is 5.82. The maximum atomic E-state index is 12.9. The first-order chi connectivity index (χ1) is 12.7. The van der Waals surface area contributed by atoms with E-state index in [9.17, 15) is 4.79 Å². The van der Waals surface area contributed by atoms with Gasteiger partial charge in [0, 0.05) is 24.8 Å². The predicted molar refractivity (Wildman–Crippen MR) is 99.7 cm³/mol. The zero-order valence-corrected chi connectivity index (χ0v) is 15.2. The number of ether oxygens (including phenoxy) is 1. The van der Waals surface area contributed by atoms with E-state index in [-0.39, 0.29) is 11.3 Å². The molecule has 5 heteroatoms. The van der Waals surface area contributed by atoms with Crippen LogP contribution in [0, 0.1) is 5.41 Å². The van der Waals surface area contributed by atoms with Crippen LogP contribution in [0.1, 0.15) is 29.5 Å². The molecule has 26 heavy (non-hydrogen) atoms. The Balaban J connectivity index is 1.48. The van der Waals surface area contributed by atoms with Crippen molar-refractivity contribution in [1.82, 2.24) is 15.2 Å². The van der Waals surface area contributed by atoms with Crippen molar-refractivity contribution in [3.8, 4) is 5.88 Å². The summed E-state index contributed by atoms with van der Waals surface area (Å²) in [5, 5.41) is 3.16. The Morgan fingerprint density at radius 1 is 1.15 bits per heavy atom. The zero-order chi connectivity index (χ0) is 18.0. The quantitative estimate of drug-likeness (QED) is 0.923. The van der Waals surface area contributed by atoms with Crippen LogP contribution in [0.4, 0.5) is 0 Å². The van der Waals surface area contributed by atoms with Crippen molar-refractivity contribution < 1.29 is 9.53 Å². The number of piperidine rings is 1. The van der Waals surface area contributed by atoms with Gasteiger partial charge in [-0.15, -0.1) is 0 Å². The largest absolute Gasteiger partial charge is 0.481 e. The number of carbonyl (C=O) groups is 1. The van der Waals surface area contributed by atoms with Crippen LogP contribution in [0.3, 0.4) is 0 Å². The van der Waals surface area contributed by atoms with E-state index < -0.39 is 0 Å². The standard InChI is InChI=1S/C21H25N3O2/c1-26-19-18(7-4-10-22-19)15-24-11-8-21(9-12-24)13-16-5-2-3-6-17(16)14-23-20(21)25/h2-7,10H,8-9,11-15H2,1H3,(H,23,25). The highest BCUT2D eigenvalue weighted by Crippen LogP contribution is 2.38. The Morgan fingerprint density at radius 2 is 1.92 bits per heavy atom. The van der Waals surface area contributed by atoms with Crippen LogP contribution in [0.2, 0.25) is 0 Å². The van der Waals surface area contributed by atoms with Gasteiger partial charge in [-0.3, -0.25) is 9.69 Å². The molecule has 2 aliphatic heterocycles. The summed E-state index contributed by atoms with van der Waals surface area (Å²) in [6.07, 6.45) is 4.37. The Bertz CT molecular complexity index is 797. The minimum Gasteiger partial charge on any atom is -0.481 e. The first kappa shape index (κ1) is 17.0. The van der Waals surface area contributed by atoms with E-state index in [0.29, 0.717) is 12.4 Å². The molecule has 1 fully saturated rings. The molecule has 2 aliphatic rings. The Hall–Kier alpha value is -2.40. The molecular formula is C21H25N3O2. The van der Waals surface area contributed by atoms with Gasteiger partial charge in [0.2, 0.25) is 11.8 Å². The third kappa shape index (κ3) is 3.19. The smallest absolute Gasteiger partial charge is 0.226 e. The fraction of sp³-hybridized carbons (Fsp3) is 0.429. The molecule has 3 heterocycles. The van der Waals surface area contributed by atoms with Crippen LogP contribution in [0.15, 0.2) is 42.6 Å². The Labute approximate surface area is 154 Å². The third-order valence-electron chi connectivity index (χ3n) is 5.82. The van der Waals surface area contributed by atoms with Gasteiger partial charge >= 0.3 is 0 Å². The van der Waals surface area contributed by atoms with Gasteiger partial charge in [-0.1, -0.05) is 30.3 Å². The molecule has 1 N–H and O–H groups in total. The molecular weight excluding hydrogens is 326 g/mol. The van der Waals surface area contributed by atoms with Gasteiger partial charge in [0.25, 0.3) is 0 Å². The maximum Gasteiger partial charge on any atom is 0.226 e. The minimum absolute atomic E-state index is 0.215. The SMILES string of the molecule is COc1ncccc1CN1CCC2(CC1)Cc1ccccc1CNC2=O. The number of hydrogen-bond donors (Lipinski definition) is 1. The second-order valence-corrected chi connectivity index (χ2v) is 7.36. The van der Waals surface area contributed by atoms with Gasteiger partial charge in [-0.2, -0.15) is 0 Å². The normalized spacial score (nSPS) is 19.5.